The van der Waals surface area contributed by atoms with Crippen molar-refractivity contribution in [3.63, 3.8) is 0 Å². The Morgan fingerprint density at radius 2 is 0.914 bits per heavy atom. The summed E-state index contributed by atoms with van der Waals surface area (Å²) in [6.45, 7) is 0. The third-order valence-electron chi connectivity index (χ3n) is 8.20. The third-order valence-corrected chi connectivity index (χ3v) is 9.97. The number of phenolic OH excluding ortho intramolecular Hbond substituents is 2. The van der Waals surface area contributed by atoms with Crippen LogP contribution >= 0.6 is 0 Å². The number of azo groups is 2. The molecule has 0 aliphatic carbocycles. The lowest BCUT2D eigenvalue weighted by Crippen LogP contribution is -2.19. The number of fused-ring (bicyclic) bond motifs is 2. The molecule has 6 aromatic rings. The van der Waals surface area contributed by atoms with Crippen molar-refractivity contribution < 1.29 is 60.8 Å². The van der Waals surface area contributed by atoms with Crippen LogP contribution in [0.15, 0.2) is 115 Å². The van der Waals surface area contributed by atoms with Crippen LogP contribution in [-0.4, -0.2) is 64.3 Å². The van der Waals surface area contributed by atoms with Crippen molar-refractivity contribution in [2.75, 3.05) is 22.1 Å². The van der Waals surface area contributed by atoms with Gasteiger partial charge in [0.25, 0.3) is 20.2 Å². The fraction of sp³-hybridized carbons (Fsp3) is 0. The van der Waals surface area contributed by atoms with Gasteiger partial charge in [-0.2, -0.15) is 16.8 Å². The molecular formula is C35H26N8O13S2. The number of urea groups is 1. The third kappa shape index (κ3) is 8.26. The predicted molar refractivity (Wildman–Crippen MR) is 207 cm³/mol. The Labute approximate surface area is 325 Å². The number of carbonyl (C=O) groups excluding carboxylic acids is 1. The molecule has 6 rings (SSSR count). The first-order valence-electron chi connectivity index (χ1n) is 15.9. The predicted octanol–water partition coefficient (Wildman–Crippen LogP) is 6.93. The molecule has 0 radical (unpaired) electrons. The normalized spacial score (nSPS) is 12.0. The van der Waals surface area contributed by atoms with Crippen molar-refractivity contribution in [2.45, 2.75) is 9.79 Å². The zero-order valence-corrected chi connectivity index (χ0v) is 30.5. The first kappa shape index (κ1) is 39.9. The van der Waals surface area contributed by atoms with E-state index in [1.165, 1.54) is 36.4 Å². The minimum Gasteiger partial charge on any atom is -0.507 e. The van der Waals surface area contributed by atoms with E-state index in [-0.39, 0.29) is 66.8 Å². The van der Waals surface area contributed by atoms with Crippen molar-refractivity contribution in [3.8, 4) is 11.5 Å². The zero-order chi connectivity index (χ0) is 42.3. The number of rotatable bonds is 10. The van der Waals surface area contributed by atoms with Gasteiger partial charge in [0, 0.05) is 11.4 Å². The molecular weight excluding hydrogens is 805 g/mol. The number of carbonyl (C=O) groups is 3. The number of nitrogens with zero attached hydrogens (tertiary/aromatic N) is 4. The fourth-order valence-electron chi connectivity index (χ4n) is 5.61. The summed E-state index contributed by atoms with van der Waals surface area (Å²) >= 11 is 0. The van der Waals surface area contributed by atoms with Gasteiger partial charge in [0.05, 0.1) is 33.3 Å². The van der Waals surface area contributed by atoms with Crippen molar-refractivity contribution in [2.24, 2.45) is 20.5 Å². The van der Waals surface area contributed by atoms with Crippen LogP contribution in [0, 0.1) is 0 Å². The number of anilines is 4. The van der Waals surface area contributed by atoms with Gasteiger partial charge in [-0.1, -0.05) is 12.1 Å². The van der Waals surface area contributed by atoms with Gasteiger partial charge in [-0.3, -0.25) is 9.11 Å². The van der Waals surface area contributed by atoms with Crippen LogP contribution in [0.2, 0.25) is 0 Å². The Kier molecular flexibility index (Phi) is 10.4. The number of carboxylic acid groups (broad SMARTS) is 2. The number of nitrogens with one attached hydrogen (secondary N) is 2. The first-order valence-corrected chi connectivity index (χ1v) is 18.8. The summed E-state index contributed by atoms with van der Waals surface area (Å²) in [6, 6.07) is 15.0. The lowest BCUT2D eigenvalue weighted by molar-refractivity contribution is 0.0686. The molecule has 0 bridgehead atoms. The number of nitrogen functional groups attached to an aromatic ring is 2. The van der Waals surface area contributed by atoms with E-state index in [2.05, 4.69) is 31.1 Å². The fourth-order valence-corrected chi connectivity index (χ4v) is 6.91. The smallest absolute Gasteiger partial charge is 0.335 e. The largest absolute Gasteiger partial charge is 0.507 e. The topological polar surface area (TPSA) is 366 Å². The Balaban J connectivity index is 1.26. The van der Waals surface area contributed by atoms with Crippen LogP contribution in [0.5, 0.6) is 11.5 Å². The highest BCUT2D eigenvalue weighted by Crippen LogP contribution is 2.42. The monoisotopic (exact) mass is 830 g/mol. The maximum atomic E-state index is 12.9. The van der Waals surface area contributed by atoms with E-state index >= 15 is 0 Å². The number of aromatic carboxylic acids is 2. The van der Waals surface area contributed by atoms with Crippen LogP contribution in [0.25, 0.3) is 21.5 Å². The highest BCUT2D eigenvalue weighted by Gasteiger charge is 2.21. The molecule has 0 unspecified atom stereocenters. The summed E-state index contributed by atoms with van der Waals surface area (Å²) < 4.78 is 69.3. The van der Waals surface area contributed by atoms with Gasteiger partial charge in [-0.05, 0) is 83.6 Å². The lowest BCUT2D eigenvalue weighted by Gasteiger charge is -2.11. The molecule has 296 valence electrons. The molecule has 0 atom stereocenters. The molecule has 0 saturated carbocycles. The number of nitrogens with two attached hydrogens (primary N) is 2. The van der Waals surface area contributed by atoms with E-state index in [9.17, 15) is 60.8 Å². The van der Waals surface area contributed by atoms with Crippen molar-refractivity contribution in [3.05, 3.63) is 96.1 Å². The van der Waals surface area contributed by atoms with E-state index < -0.39 is 70.9 Å². The van der Waals surface area contributed by atoms with E-state index in [0.717, 1.165) is 48.5 Å². The summed E-state index contributed by atoms with van der Waals surface area (Å²) in [6.07, 6.45) is 0. The van der Waals surface area contributed by atoms with Gasteiger partial charge in [0.2, 0.25) is 0 Å². The maximum absolute atomic E-state index is 12.9. The summed E-state index contributed by atoms with van der Waals surface area (Å²) in [5.41, 5.74) is 9.87. The average Bonchev–Trinajstić information content (AvgIpc) is 3.13. The second-order valence-electron chi connectivity index (χ2n) is 12.1. The molecule has 2 amide bonds. The van der Waals surface area contributed by atoms with E-state index in [1.807, 2.05) is 0 Å². The number of hydrogen-bond donors (Lipinski definition) is 10. The number of carboxylic acids is 2. The molecule has 21 nitrogen and oxygen atoms in total. The van der Waals surface area contributed by atoms with Crippen LogP contribution in [0.4, 0.5) is 50.3 Å². The standard InChI is InChI=1S/C35H26N8O13S2/c36-21-5-1-15-9-17(33(46)47)11-25(44)29(15)31(21)42-40-23-7-3-19(13-27(23)57(51,52)53)38-35(50)39-20-4-8-24(28(14-20)58(54,55)56)41-43-32-22(37)6-2-16-10-18(34(48)49)12-26(45)30(16)32/h1-14,44-45H,36-37H2,(H,46,47)(H,48,49)(H2,38,39,50)(H,51,52,53)(H,54,55,56). The molecule has 12 N–H and O–H groups in total. The molecule has 58 heavy (non-hydrogen) atoms. The summed E-state index contributed by atoms with van der Waals surface area (Å²) in [4.78, 5) is 34.1. The van der Waals surface area contributed by atoms with Gasteiger partial charge >= 0.3 is 18.0 Å². The van der Waals surface area contributed by atoms with Crippen molar-refractivity contribution in [1.29, 1.82) is 0 Å². The minimum absolute atomic E-state index is 0.00205. The SMILES string of the molecule is Nc1ccc2cc(C(=O)O)cc(O)c2c1N=Nc1ccc(NC(=O)Nc2ccc(N=Nc3c(N)ccc4cc(C(=O)O)cc(O)c34)c(S(=O)(=O)O)c2)cc1S(=O)(=O)O. The molecule has 0 fully saturated rings. The van der Waals surface area contributed by atoms with Gasteiger partial charge in [-0.15, -0.1) is 20.5 Å². The van der Waals surface area contributed by atoms with E-state index in [0.29, 0.717) is 0 Å². The Morgan fingerprint density at radius 3 is 1.26 bits per heavy atom. The molecule has 0 spiro atoms. The Morgan fingerprint density at radius 1 is 0.534 bits per heavy atom. The summed E-state index contributed by atoms with van der Waals surface area (Å²) in [5.74, 6) is -3.65. The van der Waals surface area contributed by atoms with E-state index in [1.54, 1.807) is 0 Å². The number of aromatic hydroxyl groups is 2. The van der Waals surface area contributed by atoms with Crippen molar-refractivity contribution in [1.82, 2.24) is 0 Å². The van der Waals surface area contributed by atoms with E-state index in [4.69, 9.17) is 11.5 Å². The van der Waals surface area contributed by atoms with Crippen LogP contribution in [-0.2, 0) is 20.2 Å². The molecule has 0 aliphatic rings. The van der Waals surface area contributed by atoms with Gasteiger partial charge in [0.1, 0.15) is 44.0 Å². The van der Waals surface area contributed by atoms with Gasteiger partial charge in [0.15, 0.2) is 0 Å². The number of benzene rings is 6. The highest BCUT2D eigenvalue weighted by atomic mass is 32.2. The van der Waals surface area contributed by atoms with Gasteiger partial charge in [-0.25, -0.2) is 14.4 Å². The molecule has 0 saturated heterocycles. The number of hydrogen-bond acceptors (Lipinski definition) is 15. The quantitative estimate of drug-likeness (QED) is 0.0380. The average molecular weight is 831 g/mol. The highest BCUT2D eigenvalue weighted by molar-refractivity contribution is 7.86. The second-order valence-corrected chi connectivity index (χ2v) is 14.9. The number of phenols is 2. The lowest BCUT2D eigenvalue weighted by atomic mass is 10.0. The second kappa shape index (κ2) is 15.1. The summed E-state index contributed by atoms with van der Waals surface area (Å²) in [7, 11) is -10.1. The van der Waals surface area contributed by atoms with Gasteiger partial charge < -0.3 is 42.5 Å². The van der Waals surface area contributed by atoms with Crippen LogP contribution in [0.1, 0.15) is 20.7 Å². The maximum Gasteiger partial charge on any atom is 0.335 e. The molecule has 23 heteroatoms. The minimum atomic E-state index is -5.04. The Bertz CT molecular complexity index is 2840. The zero-order valence-electron chi connectivity index (χ0n) is 28.9. The molecule has 0 heterocycles. The number of amides is 2. The molecule has 0 aromatic heterocycles. The molecule has 0 aliphatic heterocycles. The van der Waals surface area contributed by atoms with Crippen LogP contribution in [0.3, 0.4) is 0 Å². The summed E-state index contributed by atoms with van der Waals surface area (Å²) in [5, 5.41) is 60.3. The van der Waals surface area contributed by atoms with Crippen molar-refractivity contribution >= 4 is 105 Å². The molecule has 6 aromatic carbocycles. The van der Waals surface area contributed by atoms with Crippen LogP contribution < -0.4 is 22.1 Å². The first-order chi connectivity index (χ1) is 27.2. The Hall–Kier alpha value is -7.73.